The molecule has 0 saturated heterocycles. The van der Waals surface area contributed by atoms with Crippen molar-refractivity contribution >= 4 is 5.82 Å². The van der Waals surface area contributed by atoms with Crippen molar-refractivity contribution in [3.8, 4) is 28.9 Å². The predicted molar refractivity (Wildman–Crippen MR) is 92.9 cm³/mol. The second kappa shape index (κ2) is 7.50. The zero-order valence-electron chi connectivity index (χ0n) is 14.9. The zero-order chi connectivity index (χ0) is 21.3. The van der Waals surface area contributed by atoms with Crippen molar-refractivity contribution in [1.29, 1.82) is 0 Å². The number of alkyl halides is 3. The van der Waals surface area contributed by atoms with Gasteiger partial charge in [-0.2, -0.15) is 0 Å². The SMILES string of the molecule is O=[N+]([O-])c1cn2c(n1)OC[C@@H](Oc1ncc(-c3ccc(OC(F)(F)F)cc3)cn1)C2. The lowest BCUT2D eigenvalue weighted by Gasteiger charge is -2.21. The highest BCUT2D eigenvalue weighted by atomic mass is 19.4. The molecule has 0 spiro atoms. The van der Waals surface area contributed by atoms with Crippen LogP contribution >= 0.6 is 0 Å². The summed E-state index contributed by atoms with van der Waals surface area (Å²) < 4.78 is 52.9. The molecule has 3 aromatic rings. The van der Waals surface area contributed by atoms with Crippen molar-refractivity contribution in [3.05, 3.63) is 53.0 Å². The maximum atomic E-state index is 12.2. The van der Waals surface area contributed by atoms with Gasteiger partial charge in [0.2, 0.25) is 0 Å². The lowest BCUT2D eigenvalue weighted by atomic mass is 10.1. The molecular weight excluding hydrogens is 411 g/mol. The van der Waals surface area contributed by atoms with Crippen LogP contribution in [0.1, 0.15) is 0 Å². The molecular formula is C17H12F3N5O5. The number of aromatic nitrogens is 4. The second-order valence-corrected chi connectivity index (χ2v) is 6.17. The minimum Gasteiger partial charge on any atom is -0.455 e. The first-order valence-electron chi connectivity index (χ1n) is 8.46. The van der Waals surface area contributed by atoms with Crippen LogP contribution in [-0.4, -0.2) is 43.5 Å². The van der Waals surface area contributed by atoms with Crippen LogP contribution in [0.3, 0.4) is 0 Å². The molecule has 0 radical (unpaired) electrons. The Morgan fingerprint density at radius 1 is 1.17 bits per heavy atom. The van der Waals surface area contributed by atoms with Gasteiger partial charge in [-0.1, -0.05) is 12.1 Å². The molecule has 3 heterocycles. The number of imidazole rings is 1. The Morgan fingerprint density at radius 3 is 2.50 bits per heavy atom. The van der Waals surface area contributed by atoms with Gasteiger partial charge in [0.15, 0.2) is 6.10 Å². The number of benzene rings is 1. The van der Waals surface area contributed by atoms with Gasteiger partial charge in [0.1, 0.15) is 18.6 Å². The Kier molecular flexibility index (Phi) is 4.85. The summed E-state index contributed by atoms with van der Waals surface area (Å²) in [5.74, 6) is -0.651. The quantitative estimate of drug-likeness (QED) is 0.455. The van der Waals surface area contributed by atoms with Gasteiger partial charge in [-0.15, -0.1) is 13.2 Å². The fourth-order valence-corrected chi connectivity index (χ4v) is 2.75. The fourth-order valence-electron chi connectivity index (χ4n) is 2.75. The van der Waals surface area contributed by atoms with E-state index in [1.165, 1.54) is 47.4 Å². The van der Waals surface area contributed by atoms with Gasteiger partial charge in [-0.05, 0) is 22.6 Å². The van der Waals surface area contributed by atoms with E-state index >= 15 is 0 Å². The van der Waals surface area contributed by atoms with E-state index in [0.29, 0.717) is 11.1 Å². The Balaban J connectivity index is 1.40. The van der Waals surface area contributed by atoms with E-state index in [-0.39, 0.29) is 36.7 Å². The van der Waals surface area contributed by atoms with E-state index < -0.39 is 17.4 Å². The van der Waals surface area contributed by atoms with Gasteiger partial charge in [-0.25, -0.2) is 9.97 Å². The average Bonchev–Trinajstić information content (AvgIpc) is 3.12. The monoisotopic (exact) mass is 423 g/mol. The first-order chi connectivity index (χ1) is 14.3. The van der Waals surface area contributed by atoms with Gasteiger partial charge in [0.25, 0.3) is 0 Å². The van der Waals surface area contributed by atoms with Gasteiger partial charge < -0.3 is 24.3 Å². The van der Waals surface area contributed by atoms with Gasteiger partial charge in [0, 0.05) is 22.9 Å². The Labute approximate surface area is 166 Å². The number of nitro groups is 1. The Morgan fingerprint density at radius 2 is 1.87 bits per heavy atom. The minimum atomic E-state index is -4.76. The maximum Gasteiger partial charge on any atom is 0.573 e. The third-order valence-electron chi connectivity index (χ3n) is 4.03. The van der Waals surface area contributed by atoms with Crippen LogP contribution in [0.15, 0.2) is 42.9 Å². The molecule has 0 aliphatic carbocycles. The summed E-state index contributed by atoms with van der Waals surface area (Å²) in [5.41, 5.74) is 1.15. The van der Waals surface area contributed by atoms with Crippen LogP contribution in [0.5, 0.6) is 17.8 Å². The van der Waals surface area contributed by atoms with Crippen LogP contribution in [0.25, 0.3) is 11.1 Å². The summed E-state index contributed by atoms with van der Waals surface area (Å²) in [5, 5.41) is 10.8. The van der Waals surface area contributed by atoms with Crippen molar-refractivity contribution < 1.29 is 32.3 Å². The number of halogens is 3. The largest absolute Gasteiger partial charge is 0.573 e. The van der Waals surface area contributed by atoms with E-state index in [4.69, 9.17) is 9.47 Å². The number of hydrogen-bond donors (Lipinski definition) is 0. The van der Waals surface area contributed by atoms with Crippen LogP contribution in [0.4, 0.5) is 19.0 Å². The third-order valence-corrected chi connectivity index (χ3v) is 4.03. The normalized spacial score (nSPS) is 15.8. The highest BCUT2D eigenvalue weighted by Gasteiger charge is 2.31. The van der Waals surface area contributed by atoms with E-state index in [9.17, 15) is 23.3 Å². The molecule has 10 nitrogen and oxygen atoms in total. The lowest BCUT2D eigenvalue weighted by molar-refractivity contribution is -0.389. The van der Waals surface area contributed by atoms with Crippen molar-refractivity contribution in [2.75, 3.05) is 6.61 Å². The summed E-state index contributed by atoms with van der Waals surface area (Å²) in [4.78, 5) is 22.1. The standard InChI is InChI=1S/C17H12F3N5O5/c18-17(19,20)30-12-3-1-10(2-4-12)11-5-21-15(22-6-11)29-13-7-24-8-14(25(26)27)23-16(24)28-9-13/h1-6,8,13H,7,9H2/t13-/m0/s1. The number of hydrogen-bond acceptors (Lipinski definition) is 8. The lowest BCUT2D eigenvalue weighted by Crippen LogP contribution is -2.34. The van der Waals surface area contributed by atoms with Crippen molar-refractivity contribution in [2.24, 2.45) is 0 Å². The van der Waals surface area contributed by atoms with Crippen molar-refractivity contribution in [3.63, 3.8) is 0 Å². The Bertz CT molecular complexity index is 1050. The van der Waals surface area contributed by atoms with E-state index in [0.717, 1.165) is 0 Å². The first kappa shape index (κ1) is 19.4. The molecule has 1 atom stereocenters. The molecule has 1 aliphatic rings. The Hall–Kier alpha value is -3.90. The minimum absolute atomic E-state index is 0.0578. The molecule has 156 valence electrons. The topological polar surface area (TPSA) is 114 Å². The molecule has 2 aromatic heterocycles. The second-order valence-electron chi connectivity index (χ2n) is 6.17. The molecule has 4 rings (SSSR count). The van der Waals surface area contributed by atoms with Gasteiger partial charge in [0.05, 0.1) is 6.54 Å². The van der Waals surface area contributed by atoms with Crippen LogP contribution in [0.2, 0.25) is 0 Å². The first-order valence-corrected chi connectivity index (χ1v) is 8.46. The predicted octanol–water partition coefficient (Wildman–Crippen LogP) is 2.99. The molecule has 0 N–H and O–H groups in total. The average molecular weight is 423 g/mol. The van der Waals surface area contributed by atoms with Crippen molar-refractivity contribution in [2.45, 2.75) is 19.0 Å². The third kappa shape index (κ3) is 4.39. The molecule has 30 heavy (non-hydrogen) atoms. The number of ether oxygens (including phenoxy) is 3. The molecule has 0 bridgehead atoms. The number of rotatable bonds is 5. The number of fused-ring (bicyclic) bond motifs is 1. The molecule has 13 heteroatoms. The summed E-state index contributed by atoms with van der Waals surface area (Å²) in [7, 11) is 0. The fraction of sp³-hybridized carbons (Fsp3) is 0.235. The van der Waals surface area contributed by atoms with E-state index in [1.54, 1.807) is 0 Å². The van der Waals surface area contributed by atoms with E-state index in [2.05, 4.69) is 19.7 Å². The summed E-state index contributed by atoms with van der Waals surface area (Å²) in [6.07, 6.45) is -1.08. The van der Waals surface area contributed by atoms with Gasteiger partial charge in [-0.3, -0.25) is 4.57 Å². The van der Waals surface area contributed by atoms with Gasteiger partial charge >= 0.3 is 24.2 Å². The molecule has 0 saturated carbocycles. The summed E-state index contributed by atoms with van der Waals surface area (Å²) in [6, 6.07) is 5.47. The molecule has 0 unspecified atom stereocenters. The van der Waals surface area contributed by atoms with Crippen LogP contribution in [-0.2, 0) is 6.54 Å². The van der Waals surface area contributed by atoms with Crippen LogP contribution in [0, 0.1) is 10.1 Å². The summed E-state index contributed by atoms with van der Waals surface area (Å²) >= 11 is 0. The highest BCUT2D eigenvalue weighted by Crippen LogP contribution is 2.27. The highest BCUT2D eigenvalue weighted by molar-refractivity contribution is 5.62. The molecule has 0 fully saturated rings. The molecule has 0 amide bonds. The van der Waals surface area contributed by atoms with Crippen molar-refractivity contribution in [1.82, 2.24) is 19.5 Å². The summed E-state index contributed by atoms with van der Waals surface area (Å²) in [6.45, 7) is 0.377. The number of nitrogens with zero attached hydrogens (tertiary/aromatic N) is 5. The maximum absolute atomic E-state index is 12.2. The molecule has 1 aliphatic heterocycles. The van der Waals surface area contributed by atoms with Crippen LogP contribution < -0.4 is 14.2 Å². The smallest absolute Gasteiger partial charge is 0.455 e. The van der Waals surface area contributed by atoms with E-state index in [1.807, 2.05) is 0 Å². The zero-order valence-corrected chi connectivity index (χ0v) is 14.9. The molecule has 1 aromatic carbocycles.